The Balaban J connectivity index is 1.92. The van der Waals surface area contributed by atoms with Crippen molar-refractivity contribution in [3.63, 3.8) is 0 Å². The SMILES string of the molecule is CC(C)(C)n1ncc([C@@H](C2CC2)N2CC=CC=C2C(F)(F)F)c1-c1cc(F)ccc1Br. The first-order valence-corrected chi connectivity index (χ1v) is 11.0. The molecule has 0 unspecified atom stereocenters. The summed E-state index contributed by atoms with van der Waals surface area (Å²) in [6.07, 6.45) is 3.21. The lowest BCUT2D eigenvalue weighted by Gasteiger charge is -2.37. The first kappa shape index (κ1) is 22.1. The van der Waals surface area contributed by atoms with E-state index < -0.39 is 29.3 Å². The maximum atomic E-state index is 14.2. The van der Waals surface area contributed by atoms with E-state index in [1.807, 2.05) is 20.8 Å². The molecule has 0 spiro atoms. The van der Waals surface area contributed by atoms with Crippen LogP contribution in [0.4, 0.5) is 17.6 Å². The van der Waals surface area contributed by atoms with Gasteiger partial charge in [-0.3, -0.25) is 4.68 Å². The molecule has 1 fully saturated rings. The summed E-state index contributed by atoms with van der Waals surface area (Å²) in [5.74, 6) is -0.327. The molecule has 2 aliphatic rings. The zero-order valence-electron chi connectivity index (χ0n) is 17.5. The summed E-state index contributed by atoms with van der Waals surface area (Å²) < 4.78 is 58.3. The van der Waals surface area contributed by atoms with E-state index in [0.717, 1.165) is 18.9 Å². The van der Waals surface area contributed by atoms with E-state index in [2.05, 4.69) is 21.0 Å². The number of hydrogen-bond acceptors (Lipinski definition) is 2. The van der Waals surface area contributed by atoms with Crippen molar-refractivity contribution < 1.29 is 17.6 Å². The molecule has 0 amide bonds. The molecule has 2 aromatic rings. The molecule has 4 rings (SSSR count). The van der Waals surface area contributed by atoms with Crippen LogP contribution in [-0.4, -0.2) is 27.4 Å². The lowest BCUT2D eigenvalue weighted by molar-refractivity contribution is -0.115. The van der Waals surface area contributed by atoms with E-state index >= 15 is 0 Å². The number of allylic oxidation sites excluding steroid dienone is 3. The molecule has 1 atom stereocenters. The highest BCUT2D eigenvalue weighted by atomic mass is 79.9. The molecule has 3 nitrogen and oxygen atoms in total. The Morgan fingerprint density at radius 1 is 1.16 bits per heavy atom. The fourth-order valence-corrected chi connectivity index (χ4v) is 4.61. The van der Waals surface area contributed by atoms with Crippen LogP contribution in [0.2, 0.25) is 0 Å². The van der Waals surface area contributed by atoms with Crippen LogP contribution in [0.15, 0.2) is 52.8 Å². The van der Waals surface area contributed by atoms with Gasteiger partial charge in [-0.1, -0.05) is 28.1 Å². The molecule has 1 aliphatic carbocycles. The molecule has 0 N–H and O–H groups in total. The zero-order chi connectivity index (χ0) is 22.6. The van der Waals surface area contributed by atoms with E-state index in [1.165, 1.54) is 23.1 Å². The average molecular weight is 498 g/mol. The molecule has 0 saturated heterocycles. The smallest absolute Gasteiger partial charge is 0.356 e. The van der Waals surface area contributed by atoms with E-state index in [1.54, 1.807) is 23.0 Å². The molecular formula is C23H24BrF4N3. The monoisotopic (exact) mass is 497 g/mol. The molecule has 0 radical (unpaired) electrons. The van der Waals surface area contributed by atoms with Gasteiger partial charge in [0.05, 0.1) is 23.5 Å². The Kier molecular flexibility index (Phi) is 5.56. The van der Waals surface area contributed by atoms with Gasteiger partial charge in [0.25, 0.3) is 0 Å². The molecule has 1 aromatic heterocycles. The van der Waals surface area contributed by atoms with E-state index in [-0.39, 0.29) is 12.5 Å². The van der Waals surface area contributed by atoms with Crippen molar-refractivity contribution in [2.75, 3.05) is 6.54 Å². The van der Waals surface area contributed by atoms with Crippen LogP contribution in [0.1, 0.15) is 45.2 Å². The third-order valence-corrected chi connectivity index (χ3v) is 6.32. The van der Waals surface area contributed by atoms with Gasteiger partial charge in [0.15, 0.2) is 0 Å². The predicted molar refractivity (Wildman–Crippen MR) is 116 cm³/mol. The highest BCUT2D eigenvalue weighted by Gasteiger charge is 2.46. The minimum Gasteiger partial charge on any atom is -0.356 e. The normalized spacial score (nSPS) is 18.3. The lowest BCUT2D eigenvalue weighted by Crippen LogP contribution is -2.37. The van der Waals surface area contributed by atoms with Gasteiger partial charge in [0, 0.05) is 22.1 Å². The number of nitrogens with zero attached hydrogens (tertiary/aromatic N) is 3. The second kappa shape index (κ2) is 7.80. The van der Waals surface area contributed by atoms with Crippen molar-refractivity contribution >= 4 is 15.9 Å². The molecular weight excluding hydrogens is 474 g/mol. The third-order valence-electron chi connectivity index (χ3n) is 5.63. The van der Waals surface area contributed by atoms with Gasteiger partial charge in [0.2, 0.25) is 0 Å². The number of alkyl halides is 3. The second-order valence-corrected chi connectivity index (χ2v) is 9.92. The standard InChI is InChI=1S/C23H24BrF4N3/c1-22(2,3)31-21(16-12-15(25)9-10-18(16)24)17(13-29-31)20(14-7-8-14)30-11-5-4-6-19(30)23(26,27)28/h4-6,9-10,12-14,20H,7-8,11H2,1-3H3/t20-/m1/s1. The summed E-state index contributed by atoms with van der Waals surface area (Å²) in [6.45, 7) is 6.07. The van der Waals surface area contributed by atoms with Gasteiger partial charge in [-0.25, -0.2) is 4.39 Å². The van der Waals surface area contributed by atoms with Gasteiger partial charge in [0.1, 0.15) is 11.5 Å². The molecule has 0 bridgehead atoms. The lowest BCUT2D eigenvalue weighted by atomic mass is 9.95. The van der Waals surface area contributed by atoms with Gasteiger partial charge in [-0.05, 0) is 63.8 Å². The zero-order valence-corrected chi connectivity index (χ0v) is 19.1. The van der Waals surface area contributed by atoms with E-state index in [4.69, 9.17) is 0 Å². The molecule has 1 aliphatic heterocycles. The largest absolute Gasteiger partial charge is 0.431 e. The fraction of sp³-hybridized carbons (Fsp3) is 0.435. The molecule has 8 heteroatoms. The fourth-order valence-electron chi connectivity index (χ4n) is 4.17. The van der Waals surface area contributed by atoms with Crippen LogP contribution in [0, 0.1) is 11.7 Å². The summed E-state index contributed by atoms with van der Waals surface area (Å²) in [5.41, 5.74) is 0.816. The number of hydrogen-bond donors (Lipinski definition) is 0. The minimum absolute atomic E-state index is 0.0842. The first-order valence-electron chi connectivity index (χ1n) is 10.2. The Morgan fingerprint density at radius 3 is 2.48 bits per heavy atom. The summed E-state index contributed by atoms with van der Waals surface area (Å²) in [5, 5.41) is 4.58. The maximum absolute atomic E-state index is 14.2. The van der Waals surface area contributed by atoms with Crippen LogP contribution >= 0.6 is 15.9 Å². The summed E-state index contributed by atoms with van der Waals surface area (Å²) in [7, 11) is 0. The number of aromatic nitrogens is 2. The van der Waals surface area contributed by atoms with E-state index in [0.29, 0.717) is 21.3 Å². The van der Waals surface area contributed by atoms with Crippen molar-refractivity contribution in [1.82, 2.24) is 14.7 Å². The summed E-state index contributed by atoms with van der Waals surface area (Å²) in [4.78, 5) is 1.43. The Bertz CT molecular complexity index is 1040. The molecule has 2 heterocycles. The van der Waals surface area contributed by atoms with Gasteiger partial charge >= 0.3 is 6.18 Å². The predicted octanol–water partition coefficient (Wildman–Crippen LogP) is 6.98. The molecule has 31 heavy (non-hydrogen) atoms. The highest BCUT2D eigenvalue weighted by Crippen LogP contribution is 2.51. The number of benzene rings is 1. The summed E-state index contributed by atoms with van der Waals surface area (Å²) >= 11 is 3.50. The van der Waals surface area contributed by atoms with Gasteiger partial charge in [-0.15, -0.1) is 0 Å². The van der Waals surface area contributed by atoms with Crippen molar-refractivity contribution in [2.45, 2.75) is 51.4 Å². The van der Waals surface area contributed by atoms with Crippen LogP contribution in [0.3, 0.4) is 0 Å². The van der Waals surface area contributed by atoms with Crippen LogP contribution in [0.5, 0.6) is 0 Å². The average Bonchev–Trinajstić information content (AvgIpc) is 3.40. The Hall–Kier alpha value is -2.09. The number of halogens is 5. The van der Waals surface area contributed by atoms with Crippen LogP contribution in [0.25, 0.3) is 11.3 Å². The van der Waals surface area contributed by atoms with Crippen molar-refractivity contribution in [3.05, 3.63) is 64.2 Å². The highest BCUT2D eigenvalue weighted by molar-refractivity contribution is 9.10. The van der Waals surface area contributed by atoms with Gasteiger partial charge in [-0.2, -0.15) is 18.3 Å². The first-order chi connectivity index (χ1) is 14.5. The molecule has 1 aromatic carbocycles. The van der Waals surface area contributed by atoms with Gasteiger partial charge < -0.3 is 4.90 Å². The quantitative estimate of drug-likeness (QED) is 0.425. The van der Waals surface area contributed by atoms with E-state index in [9.17, 15) is 17.6 Å². The topological polar surface area (TPSA) is 21.1 Å². The summed E-state index contributed by atoms with van der Waals surface area (Å²) in [6, 6.07) is 3.88. The molecule has 1 saturated carbocycles. The van der Waals surface area contributed by atoms with Crippen molar-refractivity contribution in [2.24, 2.45) is 5.92 Å². The maximum Gasteiger partial charge on any atom is 0.431 e. The van der Waals surface area contributed by atoms with Crippen LogP contribution in [-0.2, 0) is 5.54 Å². The molecule has 166 valence electrons. The number of rotatable bonds is 4. The Labute approximate surface area is 187 Å². The van der Waals surface area contributed by atoms with Crippen molar-refractivity contribution in [3.8, 4) is 11.3 Å². The van der Waals surface area contributed by atoms with Crippen molar-refractivity contribution in [1.29, 1.82) is 0 Å². The van der Waals surface area contributed by atoms with Crippen LogP contribution < -0.4 is 0 Å². The second-order valence-electron chi connectivity index (χ2n) is 9.07. The minimum atomic E-state index is -4.46. The third kappa shape index (κ3) is 4.31. The Morgan fingerprint density at radius 2 is 1.87 bits per heavy atom.